The molecule has 0 fully saturated rings. The van der Waals surface area contributed by atoms with Gasteiger partial charge in [0.05, 0.1) is 18.2 Å². The first kappa shape index (κ1) is 17.0. The van der Waals surface area contributed by atoms with E-state index in [1.807, 2.05) is 0 Å². The molecule has 114 valence electrons. The van der Waals surface area contributed by atoms with E-state index in [1.54, 1.807) is 0 Å². The number of sulfonamides is 1. The number of hydrogen-bond acceptors (Lipinski definition) is 6. The molecule has 0 unspecified atom stereocenters. The Morgan fingerprint density at radius 1 is 1.55 bits per heavy atom. The Morgan fingerprint density at radius 2 is 2.20 bits per heavy atom. The van der Waals surface area contributed by atoms with E-state index < -0.39 is 36.1 Å². The Balaban J connectivity index is 3.15. The fraction of sp³-hybridized carbons (Fsp3) is 0.444. The molecule has 0 saturated heterocycles. The van der Waals surface area contributed by atoms with E-state index in [9.17, 15) is 17.2 Å². The minimum absolute atomic E-state index is 0.0492. The number of hydrogen-bond donors (Lipinski definition) is 3. The molecule has 0 aliphatic rings. The summed E-state index contributed by atoms with van der Waals surface area (Å²) in [5.74, 6) is 5.14. The number of aliphatic hydroxyl groups is 1. The Kier molecular flexibility index (Phi) is 6.02. The Labute approximate surface area is 119 Å². The predicted molar refractivity (Wildman–Crippen MR) is 68.9 cm³/mol. The van der Waals surface area contributed by atoms with E-state index in [0.717, 1.165) is 12.3 Å². The van der Waals surface area contributed by atoms with Crippen LogP contribution in [0.25, 0.3) is 0 Å². The molecule has 0 aromatic carbocycles. The average Bonchev–Trinajstić information content (AvgIpc) is 2.37. The van der Waals surface area contributed by atoms with Crippen molar-refractivity contribution in [3.05, 3.63) is 17.3 Å². The highest BCUT2D eigenvalue weighted by atomic mass is 35.5. The van der Waals surface area contributed by atoms with Gasteiger partial charge in [-0.3, -0.25) is 0 Å². The van der Waals surface area contributed by atoms with Gasteiger partial charge in [-0.1, -0.05) is 11.6 Å². The molecule has 4 N–H and O–H groups in total. The number of nitrogens with one attached hydrogen (secondary N) is 1. The predicted octanol–water partition coefficient (Wildman–Crippen LogP) is 0.269. The SMILES string of the molecule is NNc1ncc(S(=O)(=O)N(CCO)CC(F)F)cc1Cl. The molecule has 0 amide bonds. The van der Waals surface area contributed by atoms with Crippen LogP contribution in [0.2, 0.25) is 5.02 Å². The number of rotatable bonds is 7. The molecule has 0 aliphatic heterocycles. The van der Waals surface area contributed by atoms with Gasteiger partial charge < -0.3 is 10.5 Å². The van der Waals surface area contributed by atoms with Gasteiger partial charge in [0.1, 0.15) is 4.90 Å². The van der Waals surface area contributed by atoms with Crippen molar-refractivity contribution in [1.29, 1.82) is 0 Å². The standard InChI is InChI=1S/C9H13ClF2N4O3S/c10-7-3-6(4-14-9(7)15-13)20(18,19)16(1-2-17)5-8(11)12/h3-4,8,17H,1-2,5,13H2,(H,14,15). The summed E-state index contributed by atoms with van der Waals surface area (Å²) in [7, 11) is -4.23. The molecule has 7 nitrogen and oxygen atoms in total. The monoisotopic (exact) mass is 330 g/mol. The van der Waals surface area contributed by atoms with Crippen molar-refractivity contribution in [2.24, 2.45) is 5.84 Å². The zero-order valence-electron chi connectivity index (χ0n) is 10.1. The second-order valence-corrected chi connectivity index (χ2v) is 5.97. The van der Waals surface area contributed by atoms with Crippen molar-refractivity contribution >= 4 is 27.4 Å². The van der Waals surface area contributed by atoms with Crippen LogP contribution in [-0.2, 0) is 10.0 Å². The van der Waals surface area contributed by atoms with E-state index in [2.05, 4.69) is 10.4 Å². The number of hydrazine groups is 1. The van der Waals surface area contributed by atoms with Crippen LogP contribution in [0.1, 0.15) is 0 Å². The van der Waals surface area contributed by atoms with Gasteiger partial charge in [-0.25, -0.2) is 28.0 Å². The fourth-order valence-corrected chi connectivity index (χ4v) is 3.06. The Morgan fingerprint density at radius 3 is 2.65 bits per heavy atom. The minimum atomic E-state index is -4.23. The molecule has 0 aliphatic carbocycles. The molecule has 1 aromatic heterocycles. The molecule has 1 aromatic rings. The maximum Gasteiger partial charge on any atom is 0.252 e. The summed E-state index contributed by atoms with van der Waals surface area (Å²) in [6, 6.07) is 1.04. The Hall–Kier alpha value is -1.07. The molecule has 20 heavy (non-hydrogen) atoms. The van der Waals surface area contributed by atoms with Gasteiger partial charge in [0.15, 0.2) is 5.82 Å². The zero-order valence-corrected chi connectivity index (χ0v) is 11.7. The number of aliphatic hydroxyl groups excluding tert-OH is 1. The highest BCUT2D eigenvalue weighted by Crippen LogP contribution is 2.24. The lowest BCUT2D eigenvalue weighted by Crippen LogP contribution is -2.37. The summed E-state index contributed by atoms with van der Waals surface area (Å²) >= 11 is 5.74. The van der Waals surface area contributed by atoms with Crippen molar-refractivity contribution in [3.8, 4) is 0 Å². The van der Waals surface area contributed by atoms with Gasteiger partial charge in [0, 0.05) is 12.7 Å². The van der Waals surface area contributed by atoms with Crippen LogP contribution in [0.4, 0.5) is 14.6 Å². The highest BCUT2D eigenvalue weighted by molar-refractivity contribution is 7.89. The van der Waals surface area contributed by atoms with Crippen LogP contribution in [-0.4, -0.2) is 48.9 Å². The van der Waals surface area contributed by atoms with E-state index in [0.29, 0.717) is 4.31 Å². The van der Waals surface area contributed by atoms with Crippen LogP contribution in [0.5, 0.6) is 0 Å². The molecule has 1 rings (SSSR count). The molecule has 1 heterocycles. The lowest BCUT2D eigenvalue weighted by molar-refractivity contribution is 0.113. The second kappa shape index (κ2) is 7.09. The summed E-state index contributed by atoms with van der Waals surface area (Å²) < 4.78 is 49.5. The molecule has 0 atom stereocenters. The van der Waals surface area contributed by atoms with Crippen molar-refractivity contribution in [2.75, 3.05) is 25.1 Å². The molecular weight excluding hydrogens is 318 g/mol. The van der Waals surface area contributed by atoms with Gasteiger partial charge in [-0.05, 0) is 6.07 Å². The number of alkyl halides is 2. The van der Waals surface area contributed by atoms with E-state index in [-0.39, 0.29) is 15.7 Å². The summed E-state index contributed by atoms with van der Waals surface area (Å²) in [5.41, 5.74) is 2.15. The van der Waals surface area contributed by atoms with Gasteiger partial charge in [0.2, 0.25) is 10.0 Å². The number of nitrogen functional groups attached to an aromatic ring is 1. The first-order valence-electron chi connectivity index (χ1n) is 5.34. The number of pyridine rings is 1. The van der Waals surface area contributed by atoms with Crippen LogP contribution >= 0.6 is 11.6 Å². The normalized spacial score (nSPS) is 12.2. The summed E-state index contributed by atoms with van der Waals surface area (Å²) in [6.45, 7) is -2.08. The maximum atomic E-state index is 12.4. The second-order valence-electron chi connectivity index (χ2n) is 3.62. The maximum absolute atomic E-state index is 12.4. The van der Waals surface area contributed by atoms with Gasteiger partial charge in [-0.2, -0.15) is 4.31 Å². The first-order chi connectivity index (χ1) is 9.32. The van der Waals surface area contributed by atoms with Crippen LogP contribution < -0.4 is 11.3 Å². The van der Waals surface area contributed by atoms with Gasteiger partial charge >= 0.3 is 0 Å². The lowest BCUT2D eigenvalue weighted by atomic mass is 10.5. The van der Waals surface area contributed by atoms with Crippen LogP contribution in [0, 0.1) is 0 Å². The highest BCUT2D eigenvalue weighted by Gasteiger charge is 2.27. The smallest absolute Gasteiger partial charge is 0.252 e. The summed E-state index contributed by atoms with van der Waals surface area (Å²) in [4.78, 5) is 3.30. The molecule has 0 radical (unpaired) electrons. The third kappa shape index (κ3) is 3.96. The summed E-state index contributed by atoms with van der Waals surface area (Å²) in [5, 5.41) is 8.70. The largest absolute Gasteiger partial charge is 0.395 e. The van der Waals surface area contributed by atoms with Gasteiger partial charge in [-0.15, -0.1) is 0 Å². The van der Waals surface area contributed by atoms with Crippen molar-refractivity contribution in [1.82, 2.24) is 9.29 Å². The van der Waals surface area contributed by atoms with Crippen molar-refractivity contribution in [2.45, 2.75) is 11.3 Å². The molecule has 0 bridgehead atoms. The first-order valence-corrected chi connectivity index (χ1v) is 7.16. The van der Waals surface area contributed by atoms with Crippen molar-refractivity contribution in [3.63, 3.8) is 0 Å². The van der Waals surface area contributed by atoms with Gasteiger partial charge in [0.25, 0.3) is 6.43 Å². The van der Waals surface area contributed by atoms with Crippen LogP contribution in [0.3, 0.4) is 0 Å². The number of anilines is 1. The molecule has 0 saturated carbocycles. The summed E-state index contributed by atoms with van der Waals surface area (Å²) in [6.07, 6.45) is -1.93. The van der Waals surface area contributed by atoms with E-state index in [1.165, 1.54) is 0 Å². The number of nitrogens with two attached hydrogens (primary N) is 1. The molecular formula is C9H13ClF2N4O3S. The topological polar surface area (TPSA) is 109 Å². The van der Waals surface area contributed by atoms with Crippen LogP contribution in [0.15, 0.2) is 17.2 Å². The minimum Gasteiger partial charge on any atom is -0.395 e. The number of nitrogens with zero attached hydrogens (tertiary/aromatic N) is 2. The Bertz CT molecular complexity index is 558. The number of aromatic nitrogens is 1. The third-order valence-corrected chi connectivity index (χ3v) is 4.40. The number of halogens is 3. The van der Waals surface area contributed by atoms with E-state index >= 15 is 0 Å². The molecule has 0 spiro atoms. The quantitative estimate of drug-likeness (QED) is 0.489. The van der Waals surface area contributed by atoms with Crippen molar-refractivity contribution < 1.29 is 22.3 Å². The van der Waals surface area contributed by atoms with E-state index in [4.69, 9.17) is 22.6 Å². The third-order valence-electron chi connectivity index (χ3n) is 2.28. The lowest BCUT2D eigenvalue weighted by Gasteiger charge is -2.20. The molecule has 11 heteroatoms. The fourth-order valence-electron chi connectivity index (χ4n) is 1.39. The average molecular weight is 331 g/mol. The zero-order chi connectivity index (χ0) is 15.3.